The van der Waals surface area contributed by atoms with Gasteiger partial charge in [-0.1, -0.05) is 18.6 Å². The van der Waals surface area contributed by atoms with E-state index in [0.717, 1.165) is 37.0 Å². The number of anilines is 1. The zero-order valence-electron chi connectivity index (χ0n) is 20.4. The number of fused-ring (bicyclic) bond motifs is 1. The Labute approximate surface area is 211 Å². The molecule has 7 nitrogen and oxygen atoms in total. The highest BCUT2D eigenvalue weighted by molar-refractivity contribution is 5.96. The molecular weight excluding hydrogens is 483 g/mol. The molecule has 5 rings (SSSR count). The number of nitrogens with zero attached hydrogens (tertiary/aromatic N) is 4. The highest BCUT2D eigenvalue weighted by atomic mass is 19.4. The van der Waals surface area contributed by atoms with Crippen molar-refractivity contribution in [1.29, 1.82) is 0 Å². The van der Waals surface area contributed by atoms with Crippen LogP contribution in [0.3, 0.4) is 0 Å². The minimum Gasteiger partial charge on any atom is -0.477 e. The van der Waals surface area contributed by atoms with Crippen molar-refractivity contribution in [3.8, 4) is 11.5 Å². The largest absolute Gasteiger partial charge is 0.477 e. The van der Waals surface area contributed by atoms with Crippen LogP contribution >= 0.6 is 0 Å². The third-order valence-electron chi connectivity index (χ3n) is 6.93. The van der Waals surface area contributed by atoms with E-state index in [-0.39, 0.29) is 18.3 Å². The lowest BCUT2D eigenvalue weighted by Gasteiger charge is -2.32. The maximum absolute atomic E-state index is 13.1. The molecule has 0 unspecified atom stereocenters. The number of benzene rings is 1. The molecule has 0 saturated heterocycles. The average Bonchev–Trinajstić information content (AvgIpc) is 3.16. The lowest BCUT2D eigenvalue weighted by molar-refractivity contribution is -0.137. The molecule has 4 aromatic rings. The third kappa shape index (κ3) is 5.00. The van der Waals surface area contributed by atoms with Gasteiger partial charge in [-0.05, 0) is 74.1 Å². The molecule has 10 heteroatoms. The molecule has 3 aromatic heterocycles. The Kier molecular flexibility index (Phi) is 6.35. The van der Waals surface area contributed by atoms with Gasteiger partial charge in [-0.2, -0.15) is 13.2 Å². The molecule has 1 aliphatic rings. The van der Waals surface area contributed by atoms with Gasteiger partial charge in [0.1, 0.15) is 11.2 Å². The number of aromatic carboxylic acids is 1. The highest BCUT2D eigenvalue weighted by Crippen LogP contribution is 2.35. The summed E-state index contributed by atoms with van der Waals surface area (Å²) in [6, 6.07) is 10.2. The fourth-order valence-electron chi connectivity index (χ4n) is 4.63. The first-order valence-corrected chi connectivity index (χ1v) is 12.1. The zero-order valence-corrected chi connectivity index (χ0v) is 20.4. The lowest BCUT2D eigenvalue weighted by Crippen LogP contribution is -2.31. The third-order valence-corrected chi connectivity index (χ3v) is 6.93. The Balaban J connectivity index is 1.68. The Morgan fingerprint density at radius 1 is 1.16 bits per heavy atom. The molecular formula is C27H26F3N5O2. The van der Waals surface area contributed by atoms with Crippen LogP contribution in [-0.2, 0) is 12.7 Å². The van der Waals surface area contributed by atoms with Crippen molar-refractivity contribution in [1.82, 2.24) is 19.5 Å². The Bertz CT molecular complexity index is 1460. The van der Waals surface area contributed by atoms with Crippen LogP contribution in [0.25, 0.3) is 22.6 Å². The van der Waals surface area contributed by atoms with Crippen LogP contribution in [0, 0.1) is 12.8 Å². The second-order valence-corrected chi connectivity index (χ2v) is 9.59. The molecule has 1 aromatic carbocycles. The number of carboxylic acids is 1. The lowest BCUT2D eigenvalue weighted by atomic mass is 9.80. The van der Waals surface area contributed by atoms with Gasteiger partial charge in [0.25, 0.3) is 0 Å². The van der Waals surface area contributed by atoms with E-state index in [9.17, 15) is 23.1 Å². The van der Waals surface area contributed by atoms with Crippen LogP contribution in [0.5, 0.6) is 0 Å². The number of pyridine rings is 2. The summed E-state index contributed by atoms with van der Waals surface area (Å²) in [6.07, 6.45) is 0.552. The predicted octanol–water partition coefficient (Wildman–Crippen LogP) is 6.17. The van der Waals surface area contributed by atoms with Gasteiger partial charge in [-0.25, -0.2) is 14.8 Å². The number of imidazole rings is 1. The molecule has 3 heterocycles. The number of hydrogen-bond acceptors (Lipinski definition) is 5. The normalized spacial score (nSPS) is 14.9. The number of nitrogens with one attached hydrogen (secondary N) is 1. The Morgan fingerprint density at radius 2 is 1.89 bits per heavy atom. The van der Waals surface area contributed by atoms with Crippen LogP contribution in [0.1, 0.15) is 53.4 Å². The highest BCUT2D eigenvalue weighted by Gasteiger charge is 2.30. The molecule has 2 N–H and O–H groups in total. The minimum absolute atomic E-state index is 0.0588. The fraction of sp³-hybridized carbons (Fsp3) is 0.333. The summed E-state index contributed by atoms with van der Waals surface area (Å²) >= 11 is 0. The number of halogens is 3. The molecule has 37 heavy (non-hydrogen) atoms. The average molecular weight is 510 g/mol. The number of carboxylic acid groups (broad SMARTS) is 1. The molecule has 0 spiro atoms. The van der Waals surface area contributed by atoms with Crippen molar-refractivity contribution in [2.45, 2.75) is 51.9 Å². The quantitative estimate of drug-likeness (QED) is 0.310. The Hall–Kier alpha value is -3.95. The molecule has 1 atom stereocenters. The molecule has 0 amide bonds. The molecule has 0 aliphatic heterocycles. The maximum Gasteiger partial charge on any atom is 0.416 e. The van der Waals surface area contributed by atoms with E-state index in [1.165, 1.54) is 18.2 Å². The first-order valence-electron chi connectivity index (χ1n) is 12.1. The van der Waals surface area contributed by atoms with Gasteiger partial charge in [0.2, 0.25) is 0 Å². The number of carbonyl (C=O) groups is 1. The van der Waals surface area contributed by atoms with Gasteiger partial charge in [-0.3, -0.25) is 4.98 Å². The van der Waals surface area contributed by atoms with Crippen molar-refractivity contribution in [3.05, 3.63) is 71.0 Å². The van der Waals surface area contributed by atoms with E-state index in [2.05, 4.69) is 15.3 Å². The van der Waals surface area contributed by atoms with E-state index in [1.54, 1.807) is 6.20 Å². The van der Waals surface area contributed by atoms with Crippen LogP contribution in [0.4, 0.5) is 19.0 Å². The maximum atomic E-state index is 13.1. The number of aryl methyl sites for hydroxylation is 1. The van der Waals surface area contributed by atoms with Crippen molar-refractivity contribution in [3.63, 3.8) is 0 Å². The predicted molar refractivity (Wildman–Crippen MR) is 133 cm³/mol. The molecule has 0 radical (unpaired) electrons. The standard InChI is InChI=1S/C27H26F3N5O2/c1-15-10-11-31-21(12-15)25-34-20-13-22(26(36)37)33-24(32-16(2)18-4-3-5-18)23(20)35(25)14-17-6-8-19(9-7-17)27(28,29)30/h6-13,16,18H,3-5,14H2,1-2H3,(H,32,33)(H,36,37)/t16-/m1/s1. The van der Waals surface area contributed by atoms with Crippen molar-refractivity contribution in [2.75, 3.05) is 5.32 Å². The number of hydrogen-bond donors (Lipinski definition) is 2. The van der Waals surface area contributed by atoms with Crippen molar-refractivity contribution >= 4 is 22.8 Å². The minimum atomic E-state index is -4.43. The smallest absolute Gasteiger partial charge is 0.416 e. The summed E-state index contributed by atoms with van der Waals surface area (Å²) in [5.41, 5.74) is 2.28. The summed E-state index contributed by atoms with van der Waals surface area (Å²) in [5.74, 6) is 0.137. The fourth-order valence-corrected chi connectivity index (χ4v) is 4.63. The van der Waals surface area contributed by atoms with Gasteiger partial charge >= 0.3 is 12.1 Å². The van der Waals surface area contributed by atoms with Crippen molar-refractivity contribution < 1.29 is 23.1 Å². The van der Waals surface area contributed by atoms with Gasteiger partial charge in [0, 0.05) is 18.8 Å². The number of aromatic nitrogens is 4. The summed E-state index contributed by atoms with van der Waals surface area (Å²) in [6.45, 7) is 4.16. The van der Waals surface area contributed by atoms with E-state index in [4.69, 9.17) is 4.98 Å². The SMILES string of the molecule is Cc1ccnc(-c2nc3cc(C(=O)O)nc(N[C@H](C)C4CCC4)c3n2Cc2ccc(C(F)(F)F)cc2)c1. The van der Waals surface area contributed by atoms with Gasteiger partial charge < -0.3 is 15.0 Å². The first kappa shape index (κ1) is 24.7. The van der Waals surface area contributed by atoms with Crippen LogP contribution in [0.2, 0.25) is 0 Å². The summed E-state index contributed by atoms with van der Waals surface area (Å²) in [5, 5.41) is 13.1. The molecule has 1 aliphatic carbocycles. The molecule has 1 fully saturated rings. The summed E-state index contributed by atoms with van der Waals surface area (Å²) < 4.78 is 41.2. The molecule has 0 bridgehead atoms. The molecule has 192 valence electrons. The van der Waals surface area contributed by atoms with Gasteiger partial charge in [0.15, 0.2) is 17.3 Å². The van der Waals surface area contributed by atoms with Crippen LogP contribution < -0.4 is 5.32 Å². The van der Waals surface area contributed by atoms with Gasteiger partial charge in [-0.15, -0.1) is 0 Å². The monoisotopic (exact) mass is 509 g/mol. The Morgan fingerprint density at radius 3 is 2.49 bits per heavy atom. The van der Waals surface area contributed by atoms with E-state index in [1.807, 2.05) is 30.5 Å². The first-order chi connectivity index (χ1) is 17.6. The second kappa shape index (κ2) is 9.49. The summed E-state index contributed by atoms with van der Waals surface area (Å²) in [7, 11) is 0. The zero-order chi connectivity index (χ0) is 26.3. The van der Waals surface area contributed by atoms with Crippen molar-refractivity contribution in [2.24, 2.45) is 5.92 Å². The summed E-state index contributed by atoms with van der Waals surface area (Å²) in [4.78, 5) is 25.5. The molecule has 1 saturated carbocycles. The number of alkyl halides is 3. The topological polar surface area (TPSA) is 92.9 Å². The van der Waals surface area contributed by atoms with Crippen LogP contribution in [-0.4, -0.2) is 36.6 Å². The van der Waals surface area contributed by atoms with E-state index in [0.29, 0.717) is 39.9 Å². The van der Waals surface area contributed by atoms with Gasteiger partial charge in [0.05, 0.1) is 11.1 Å². The van der Waals surface area contributed by atoms with Crippen LogP contribution in [0.15, 0.2) is 48.7 Å². The number of rotatable bonds is 7. The second-order valence-electron chi connectivity index (χ2n) is 9.59. The van der Waals surface area contributed by atoms with E-state index < -0.39 is 17.7 Å². The van der Waals surface area contributed by atoms with E-state index >= 15 is 0 Å².